The fourth-order valence-electron chi connectivity index (χ4n) is 2.72. The van der Waals surface area contributed by atoms with Crippen LogP contribution in [0.25, 0.3) is 11.1 Å². The molecule has 1 N–H and O–H groups in total. The molecule has 7 heteroatoms. The Labute approximate surface area is 145 Å². The Balaban J connectivity index is 1.92. The smallest absolute Gasteiger partial charge is 0.419 e. The standard InChI is InChI=1S/C18H24N2O5/c1-12(2)11-13(17(22)24-3)19-16(21)9-6-10-20-14-7-4-5-8-15(14)25-18(20)23/h4-5,7-8,12-13H,6,9-11H2,1-3H3,(H,19,21)/t13-/m1/s1. The molecule has 0 aliphatic rings. The van der Waals surface area contributed by atoms with E-state index in [9.17, 15) is 14.4 Å². The zero-order valence-electron chi connectivity index (χ0n) is 14.8. The number of carbonyl (C=O) groups is 2. The molecule has 1 amide bonds. The second kappa shape index (κ2) is 8.50. The zero-order valence-corrected chi connectivity index (χ0v) is 14.8. The number of aryl methyl sites for hydroxylation is 1. The first kappa shape index (κ1) is 18.8. The van der Waals surface area contributed by atoms with Gasteiger partial charge in [-0.3, -0.25) is 9.36 Å². The van der Waals surface area contributed by atoms with Crippen molar-refractivity contribution >= 4 is 23.0 Å². The van der Waals surface area contributed by atoms with E-state index in [1.807, 2.05) is 19.9 Å². The highest BCUT2D eigenvalue weighted by Gasteiger charge is 2.22. The summed E-state index contributed by atoms with van der Waals surface area (Å²) in [6, 6.07) is 6.51. The number of oxazole rings is 1. The third kappa shape index (κ3) is 4.95. The summed E-state index contributed by atoms with van der Waals surface area (Å²) >= 11 is 0. The van der Waals surface area contributed by atoms with Crippen molar-refractivity contribution < 1.29 is 18.7 Å². The highest BCUT2D eigenvalue weighted by Crippen LogP contribution is 2.12. The molecule has 136 valence electrons. The van der Waals surface area contributed by atoms with Gasteiger partial charge in [0.15, 0.2) is 5.58 Å². The number of hydrogen-bond acceptors (Lipinski definition) is 5. The summed E-state index contributed by atoms with van der Waals surface area (Å²) in [6.45, 7) is 4.31. The number of rotatable bonds is 8. The van der Waals surface area contributed by atoms with Crippen LogP contribution in [-0.2, 0) is 20.9 Å². The lowest BCUT2D eigenvalue weighted by Gasteiger charge is -2.18. The van der Waals surface area contributed by atoms with Crippen LogP contribution in [0.4, 0.5) is 0 Å². The van der Waals surface area contributed by atoms with Gasteiger partial charge in [-0.05, 0) is 30.9 Å². The largest absolute Gasteiger partial charge is 0.467 e. The van der Waals surface area contributed by atoms with Crippen molar-refractivity contribution in [1.29, 1.82) is 0 Å². The van der Waals surface area contributed by atoms with Gasteiger partial charge < -0.3 is 14.5 Å². The first-order valence-corrected chi connectivity index (χ1v) is 8.38. The number of carbonyl (C=O) groups excluding carboxylic acids is 2. The molecule has 0 aliphatic heterocycles. The van der Waals surface area contributed by atoms with Crippen molar-refractivity contribution in [2.75, 3.05) is 7.11 Å². The van der Waals surface area contributed by atoms with Gasteiger partial charge in [0.2, 0.25) is 5.91 Å². The van der Waals surface area contributed by atoms with E-state index in [4.69, 9.17) is 9.15 Å². The summed E-state index contributed by atoms with van der Waals surface area (Å²) in [4.78, 5) is 35.7. The number of methoxy groups -OCH3 is 1. The van der Waals surface area contributed by atoms with E-state index in [1.165, 1.54) is 11.7 Å². The first-order chi connectivity index (χ1) is 11.9. The van der Waals surface area contributed by atoms with E-state index in [-0.39, 0.29) is 18.2 Å². The van der Waals surface area contributed by atoms with Crippen LogP contribution in [0.2, 0.25) is 0 Å². The number of amides is 1. The SMILES string of the molecule is COC(=O)[C@@H](CC(C)C)NC(=O)CCCn1c(=O)oc2ccccc21. The lowest BCUT2D eigenvalue weighted by atomic mass is 10.0. The molecule has 0 spiro atoms. The van der Waals surface area contributed by atoms with Gasteiger partial charge in [0, 0.05) is 13.0 Å². The summed E-state index contributed by atoms with van der Waals surface area (Å²) in [5.41, 5.74) is 1.24. The third-order valence-electron chi connectivity index (χ3n) is 3.89. The number of hydrogen-bond donors (Lipinski definition) is 1. The van der Waals surface area contributed by atoms with Crippen LogP contribution in [0.15, 0.2) is 33.5 Å². The molecule has 0 saturated carbocycles. The lowest BCUT2D eigenvalue weighted by molar-refractivity contribution is -0.145. The molecule has 2 rings (SSSR count). The highest BCUT2D eigenvalue weighted by atomic mass is 16.5. The van der Waals surface area contributed by atoms with Crippen molar-refractivity contribution in [2.24, 2.45) is 5.92 Å². The molecule has 1 heterocycles. The summed E-state index contributed by atoms with van der Waals surface area (Å²) < 4.78 is 11.4. The number of esters is 1. The predicted octanol–water partition coefficient (Wildman–Crippen LogP) is 2.08. The Kier molecular flexibility index (Phi) is 6.38. The van der Waals surface area contributed by atoms with Crippen molar-refractivity contribution in [3.63, 3.8) is 0 Å². The molecule has 7 nitrogen and oxygen atoms in total. The maximum absolute atomic E-state index is 12.1. The predicted molar refractivity (Wildman–Crippen MR) is 93.1 cm³/mol. The third-order valence-corrected chi connectivity index (χ3v) is 3.89. The number of fused-ring (bicyclic) bond motifs is 1. The van der Waals surface area contributed by atoms with E-state index in [0.29, 0.717) is 30.5 Å². The lowest BCUT2D eigenvalue weighted by Crippen LogP contribution is -2.42. The molecule has 0 radical (unpaired) electrons. The van der Waals surface area contributed by atoms with Crippen LogP contribution < -0.4 is 11.1 Å². The molecule has 2 aromatic rings. The summed E-state index contributed by atoms with van der Waals surface area (Å²) in [5.74, 6) is -0.870. The van der Waals surface area contributed by atoms with Crippen LogP contribution in [0.5, 0.6) is 0 Å². The van der Waals surface area contributed by atoms with Gasteiger partial charge in [0.05, 0.1) is 12.6 Å². The van der Waals surface area contributed by atoms with Crippen molar-refractivity contribution in [3.05, 3.63) is 34.8 Å². The Morgan fingerprint density at radius 2 is 2.00 bits per heavy atom. The maximum atomic E-state index is 12.1. The number of nitrogens with zero attached hydrogens (tertiary/aromatic N) is 1. The van der Waals surface area contributed by atoms with Crippen LogP contribution in [-0.4, -0.2) is 29.6 Å². The maximum Gasteiger partial charge on any atom is 0.419 e. The minimum Gasteiger partial charge on any atom is -0.467 e. The highest BCUT2D eigenvalue weighted by molar-refractivity contribution is 5.84. The summed E-state index contributed by atoms with van der Waals surface area (Å²) in [6.07, 6.45) is 1.19. The van der Waals surface area contributed by atoms with Gasteiger partial charge in [-0.1, -0.05) is 26.0 Å². The molecule has 0 unspecified atom stereocenters. The van der Waals surface area contributed by atoms with Gasteiger partial charge in [-0.25, -0.2) is 9.59 Å². The Morgan fingerprint density at radius 3 is 2.68 bits per heavy atom. The first-order valence-electron chi connectivity index (χ1n) is 8.38. The van der Waals surface area contributed by atoms with Gasteiger partial charge in [0.25, 0.3) is 0 Å². The molecular weight excluding hydrogens is 324 g/mol. The minimum atomic E-state index is -0.644. The quantitative estimate of drug-likeness (QED) is 0.738. The average molecular weight is 348 g/mol. The number of aromatic nitrogens is 1. The van der Waals surface area contributed by atoms with Crippen LogP contribution in [0.1, 0.15) is 33.1 Å². The second-order valence-electron chi connectivity index (χ2n) is 6.36. The van der Waals surface area contributed by atoms with Gasteiger partial charge in [-0.2, -0.15) is 0 Å². The van der Waals surface area contributed by atoms with E-state index >= 15 is 0 Å². The monoisotopic (exact) mass is 348 g/mol. The number of benzene rings is 1. The average Bonchev–Trinajstić information content (AvgIpc) is 2.89. The van der Waals surface area contributed by atoms with Crippen LogP contribution in [0.3, 0.4) is 0 Å². The Bertz CT molecular complexity index is 790. The Hall–Kier alpha value is -2.57. The van der Waals surface area contributed by atoms with Crippen LogP contribution >= 0.6 is 0 Å². The van der Waals surface area contributed by atoms with Crippen molar-refractivity contribution in [3.8, 4) is 0 Å². The van der Waals surface area contributed by atoms with E-state index in [0.717, 1.165) is 0 Å². The molecule has 0 fully saturated rings. The van der Waals surface area contributed by atoms with Crippen molar-refractivity contribution in [2.45, 2.75) is 45.7 Å². The summed E-state index contributed by atoms with van der Waals surface area (Å²) in [7, 11) is 1.30. The second-order valence-corrected chi connectivity index (χ2v) is 6.36. The minimum absolute atomic E-state index is 0.206. The van der Waals surface area contributed by atoms with Crippen molar-refractivity contribution in [1.82, 2.24) is 9.88 Å². The molecule has 25 heavy (non-hydrogen) atoms. The molecule has 1 atom stereocenters. The van der Waals surface area contributed by atoms with E-state index in [2.05, 4.69) is 5.32 Å². The zero-order chi connectivity index (χ0) is 18.4. The van der Waals surface area contributed by atoms with Crippen LogP contribution in [0, 0.1) is 5.92 Å². The van der Waals surface area contributed by atoms with Gasteiger partial charge >= 0.3 is 11.7 Å². The number of nitrogens with one attached hydrogen (secondary N) is 1. The van der Waals surface area contributed by atoms with E-state index in [1.54, 1.807) is 18.2 Å². The molecule has 0 bridgehead atoms. The van der Waals surface area contributed by atoms with E-state index < -0.39 is 17.8 Å². The molecular formula is C18H24N2O5. The topological polar surface area (TPSA) is 90.5 Å². The molecule has 0 aliphatic carbocycles. The fraction of sp³-hybridized carbons (Fsp3) is 0.500. The number of para-hydroxylation sites is 2. The summed E-state index contributed by atoms with van der Waals surface area (Å²) in [5, 5.41) is 2.71. The molecule has 1 aromatic heterocycles. The number of ether oxygens (including phenoxy) is 1. The Morgan fingerprint density at radius 1 is 1.28 bits per heavy atom. The molecule has 1 aromatic carbocycles. The fourth-order valence-corrected chi connectivity index (χ4v) is 2.72. The van der Waals surface area contributed by atoms with Gasteiger partial charge in [0.1, 0.15) is 6.04 Å². The normalized spacial score (nSPS) is 12.3. The molecule has 0 saturated heterocycles. The van der Waals surface area contributed by atoms with Gasteiger partial charge in [-0.15, -0.1) is 0 Å².